The normalized spacial score (nSPS) is 14.7. The number of nitrogens with zero attached hydrogens (tertiary/aromatic N) is 1. The van der Waals surface area contributed by atoms with Crippen molar-refractivity contribution in [2.24, 2.45) is 5.92 Å². The van der Waals surface area contributed by atoms with E-state index >= 15 is 0 Å². The maximum absolute atomic E-state index is 12.6. The predicted octanol–water partition coefficient (Wildman–Crippen LogP) is 6.31. The molecule has 1 saturated heterocycles. The summed E-state index contributed by atoms with van der Waals surface area (Å²) in [5, 5.41) is 0. The van der Waals surface area contributed by atoms with E-state index in [-0.39, 0.29) is 17.8 Å². The summed E-state index contributed by atoms with van der Waals surface area (Å²) in [6, 6.07) is 7.70. The number of ether oxygens (including phenoxy) is 1. The van der Waals surface area contributed by atoms with Crippen molar-refractivity contribution in [2.75, 3.05) is 19.7 Å². The van der Waals surface area contributed by atoms with Gasteiger partial charge in [0.15, 0.2) is 0 Å². The van der Waals surface area contributed by atoms with Crippen molar-refractivity contribution in [3.05, 3.63) is 35.4 Å². The smallest absolute Gasteiger partial charge is 0.309 e. The second-order valence-electron chi connectivity index (χ2n) is 8.79. The number of rotatable bonds is 13. The third-order valence-corrected chi connectivity index (χ3v) is 6.12. The number of hydrogen-bond donors (Lipinski definition) is 0. The van der Waals surface area contributed by atoms with Crippen LogP contribution in [0.25, 0.3) is 0 Å². The molecule has 1 amide bonds. The first-order valence-electron chi connectivity index (χ1n) is 12.1. The van der Waals surface area contributed by atoms with Crippen LogP contribution in [0.2, 0.25) is 0 Å². The standard InChI is InChI=1S/C26H41NO3/c1-3-4-5-6-7-8-9-10-11-12-20-30-26(29)23-16-18-27(19-17-23)25(28)24-15-13-14-22(2)21-24/h13-15,21,23H,3-12,16-20H2,1-2H3. The van der Waals surface area contributed by atoms with Crippen LogP contribution in [0.5, 0.6) is 0 Å². The molecule has 4 heteroatoms. The molecule has 0 spiro atoms. The molecule has 1 heterocycles. The molecule has 0 radical (unpaired) electrons. The number of carbonyl (C=O) groups is 2. The molecule has 30 heavy (non-hydrogen) atoms. The molecule has 0 aliphatic carbocycles. The lowest BCUT2D eigenvalue weighted by molar-refractivity contribution is -0.150. The molecule has 1 aliphatic heterocycles. The van der Waals surface area contributed by atoms with E-state index in [0.717, 1.165) is 24.0 Å². The molecule has 0 atom stereocenters. The SMILES string of the molecule is CCCCCCCCCCCCOC(=O)C1CCN(C(=O)c2cccc(C)c2)CC1. The number of esters is 1. The van der Waals surface area contributed by atoms with Crippen LogP contribution in [0.4, 0.5) is 0 Å². The van der Waals surface area contributed by atoms with Gasteiger partial charge in [0.05, 0.1) is 12.5 Å². The number of likely N-dealkylation sites (tertiary alicyclic amines) is 1. The number of piperidine rings is 1. The zero-order chi connectivity index (χ0) is 21.6. The Balaban J connectivity index is 1.52. The molecule has 1 fully saturated rings. The molecule has 1 aromatic rings. The summed E-state index contributed by atoms with van der Waals surface area (Å²) in [6.45, 7) is 6.05. The van der Waals surface area contributed by atoms with Crippen molar-refractivity contribution in [1.82, 2.24) is 4.90 Å². The highest BCUT2D eigenvalue weighted by atomic mass is 16.5. The van der Waals surface area contributed by atoms with Gasteiger partial charge < -0.3 is 9.64 Å². The van der Waals surface area contributed by atoms with Gasteiger partial charge in [-0.05, 0) is 38.3 Å². The maximum atomic E-state index is 12.6. The van der Waals surface area contributed by atoms with Gasteiger partial charge >= 0.3 is 5.97 Å². The average molecular weight is 416 g/mol. The topological polar surface area (TPSA) is 46.6 Å². The number of carbonyl (C=O) groups excluding carboxylic acids is 2. The summed E-state index contributed by atoms with van der Waals surface area (Å²) in [5.41, 5.74) is 1.82. The molecule has 0 N–H and O–H groups in total. The second kappa shape index (κ2) is 14.2. The summed E-state index contributed by atoms with van der Waals surface area (Å²) >= 11 is 0. The van der Waals surface area contributed by atoms with E-state index in [1.54, 1.807) is 0 Å². The minimum atomic E-state index is -0.0754. The Morgan fingerprint density at radius 1 is 0.933 bits per heavy atom. The van der Waals surface area contributed by atoms with E-state index in [2.05, 4.69) is 6.92 Å². The maximum Gasteiger partial charge on any atom is 0.309 e. The minimum absolute atomic E-state index is 0.0605. The first-order chi connectivity index (χ1) is 14.6. The molecular weight excluding hydrogens is 374 g/mol. The van der Waals surface area contributed by atoms with Crippen LogP contribution < -0.4 is 0 Å². The Labute approximate surface area is 183 Å². The molecule has 4 nitrogen and oxygen atoms in total. The van der Waals surface area contributed by atoms with Crippen molar-refractivity contribution in [1.29, 1.82) is 0 Å². The van der Waals surface area contributed by atoms with E-state index in [0.29, 0.717) is 32.5 Å². The molecule has 0 bridgehead atoms. The van der Waals surface area contributed by atoms with Crippen LogP contribution in [0.15, 0.2) is 24.3 Å². The van der Waals surface area contributed by atoms with Gasteiger partial charge in [-0.2, -0.15) is 0 Å². The van der Waals surface area contributed by atoms with Gasteiger partial charge in [0.2, 0.25) is 0 Å². The van der Waals surface area contributed by atoms with Gasteiger partial charge in [-0.1, -0.05) is 82.4 Å². The summed E-state index contributed by atoms with van der Waals surface area (Å²) in [6.07, 6.45) is 14.2. The average Bonchev–Trinajstić information content (AvgIpc) is 2.77. The third kappa shape index (κ3) is 8.89. The second-order valence-corrected chi connectivity index (χ2v) is 8.79. The molecule has 168 valence electrons. The molecule has 1 aliphatic rings. The van der Waals surface area contributed by atoms with Crippen LogP contribution in [0, 0.1) is 12.8 Å². The Morgan fingerprint density at radius 2 is 1.53 bits per heavy atom. The van der Waals surface area contributed by atoms with Gasteiger partial charge in [-0.25, -0.2) is 0 Å². The number of amides is 1. The Bertz CT molecular complexity index is 635. The highest BCUT2D eigenvalue weighted by Crippen LogP contribution is 2.21. The monoisotopic (exact) mass is 415 g/mol. The number of benzene rings is 1. The molecule has 2 rings (SSSR count). The largest absolute Gasteiger partial charge is 0.465 e. The molecule has 0 aromatic heterocycles. The summed E-state index contributed by atoms with van der Waals surface area (Å²) in [7, 11) is 0. The predicted molar refractivity (Wildman–Crippen MR) is 123 cm³/mol. The van der Waals surface area contributed by atoms with Crippen LogP contribution in [0.3, 0.4) is 0 Å². The molecule has 1 aromatic carbocycles. The number of aryl methyl sites for hydroxylation is 1. The van der Waals surface area contributed by atoms with E-state index in [1.165, 1.54) is 51.4 Å². The number of hydrogen-bond acceptors (Lipinski definition) is 3. The summed E-state index contributed by atoms with van der Waals surface area (Å²) < 4.78 is 5.51. The van der Waals surface area contributed by atoms with Crippen molar-refractivity contribution in [2.45, 2.75) is 90.9 Å². The third-order valence-electron chi connectivity index (χ3n) is 6.12. The lowest BCUT2D eigenvalue weighted by Crippen LogP contribution is -2.40. The fraction of sp³-hybridized carbons (Fsp3) is 0.692. The van der Waals surface area contributed by atoms with Gasteiger partial charge in [0.1, 0.15) is 0 Å². The summed E-state index contributed by atoms with van der Waals surface area (Å²) in [5.74, 6) is -0.0702. The van der Waals surface area contributed by atoms with Crippen molar-refractivity contribution < 1.29 is 14.3 Å². The molecular formula is C26H41NO3. The van der Waals surface area contributed by atoms with E-state index in [1.807, 2.05) is 36.1 Å². The number of unbranched alkanes of at least 4 members (excludes halogenated alkanes) is 9. The highest BCUT2D eigenvalue weighted by Gasteiger charge is 2.28. The summed E-state index contributed by atoms with van der Waals surface area (Å²) in [4.78, 5) is 26.8. The lowest BCUT2D eigenvalue weighted by atomic mass is 9.96. The van der Waals surface area contributed by atoms with Crippen LogP contribution in [-0.2, 0) is 9.53 Å². The Kier molecular flexibility index (Phi) is 11.6. The minimum Gasteiger partial charge on any atom is -0.465 e. The zero-order valence-electron chi connectivity index (χ0n) is 19.2. The fourth-order valence-corrected chi connectivity index (χ4v) is 4.16. The first-order valence-corrected chi connectivity index (χ1v) is 12.1. The lowest BCUT2D eigenvalue weighted by Gasteiger charge is -2.31. The van der Waals surface area contributed by atoms with Crippen molar-refractivity contribution in [3.63, 3.8) is 0 Å². The van der Waals surface area contributed by atoms with E-state index in [4.69, 9.17) is 4.74 Å². The molecule has 0 saturated carbocycles. The van der Waals surface area contributed by atoms with Crippen LogP contribution in [0.1, 0.15) is 99.9 Å². The zero-order valence-corrected chi connectivity index (χ0v) is 19.2. The van der Waals surface area contributed by atoms with Crippen LogP contribution >= 0.6 is 0 Å². The van der Waals surface area contributed by atoms with Crippen LogP contribution in [-0.4, -0.2) is 36.5 Å². The van der Waals surface area contributed by atoms with Gasteiger partial charge in [0.25, 0.3) is 5.91 Å². The Hall–Kier alpha value is -1.84. The van der Waals surface area contributed by atoms with Crippen molar-refractivity contribution >= 4 is 11.9 Å². The van der Waals surface area contributed by atoms with Crippen molar-refractivity contribution in [3.8, 4) is 0 Å². The van der Waals surface area contributed by atoms with E-state index < -0.39 is 0 Å². The van der Waals surface area contributed by atoms with E-state index in [9.17, 15) is 9.59 Å². The fourth-order valence-electron chi connectivity index (χ4n) is 4.16. The Morgan fingerprint density at radius 3 is 2.13 bits per heavy atom. The van der Waals surface area contributed by atoms with Gasteiger partial charge in [0, 0.05) is 18.7 Å². The molecule has 0 unspecified atom stereocenters. The van der Waals surface area contributed by atoms with Gasteiger partial charge in [-0.3, -0.25) is 9.59 Å². The quantitative estimate of drug-likeness (QED) is 0.280. The van der Waals surface area contributed by atoms with Gasteiger partial charge in [-0.15, -0.1) is 0 Å². The highest BCUT2D eigenvalue weighted by molar-refractivity contribution is 5.94. The first kappa shape index (κ1) is 24.4.